The molecule has 4 aromatic carbocycles. The largest absolute Gasteiger partial charge is 0.507 e. The third-order valence-electron chi connectivity index (χ3n) is 9.31. The molecule has 0 unspecified atom stereocenters. The molecule has 5 nitrogen and oxygen atoms in total. The maximum absolute atomic E-state index is 11.7. The lowest BCUT2D eigenvalue weighted by molar-refractivity contribution is 0.448. The van der Waals surface area contributed by atoms with E-state index in [0.717, 1.165) is 67.2 Å². The zero-order valence-corrected chi connectivity index (χ0v) is 29.4. The minimum Gasteiger partial charge on any atom is -0.507 e. The molecule has 0 aliphatic carbocycles. The lowest BCUT2D eigenvalue weighted by Crippen LogP contribution is -2.11. The van der Waals surface area contributed by atoms with Gasteiger partial charge in [-0.1, -0.05) is 120 Å². The molecule has 0 aliphatic rings. The van der Waals surface area contributed by atoms with E-state index >= 15 is 0 Å². The number of fused-ring (bicyclic) bond motifs is 1. The fourth-order valence-corrected chi connectivity index (χ4v) is 6.62. The molecule has 7 aromatic rings. The van der Waals surface area contributed by atoms with Gasteiger partial charge in [-0.25, -0.2) is 4.98 Å². The van der Waals surface area contributed by atoms with E-state index in [4.69, 9.17) is 9.97 Å². The second kappa shape index (κ2) is 12.5. The zero-order valence-electron chi connectivity index (χ0n) is 29.4. The lowest BCUT2D eigenvalue weighted by atomic mass is 9.83. The highest BCUT2D eigenvalue weighted by atomic mass is 16.3. The third kappa shape index (κ3) is 5.95. The number of aromatic hydroxyl groups is 1. The molecular formula is C45H40N4O. The Kier molecular flexibility index (Phi) is 8.12. The number of imidazole rings is 1. The van der Waals surface area contributed by atoms with E-state index in [1.54, 1.807) is 6.20 Å². The van der Waals surface area contributed by atoms with E-state index in [2.05, 4.69) is 94.5 Å². The SMILES string of the molecule is CC(C)(C)c1cc(-c2cc(-c3ccccc3)c(C#N)cn2)cc(-c2cccn3c(-c4ccccc4)c(-c4cccc(C(C)(C)C)c4O)nc23)c1. The van der Waals surface area contributed by atoms with Crippen LogP contribution < -0.4 is 0 Å². The van der Waals surface area contributed by atoms with Crippen molar-refractivity contribution in [2.24, 2.45) is 0 Å². The second-order valence-electron chi connectivity index (χ2n) is 14.9. The van der Waals surface area contributed by atoms with Gasteiger partial charge in [0.15, 0.2) is 0 Å². The molecule has 0 amide bonds. The standard InChI is InChI=1S/C45H40N4O/c1-44(2,3)34-24-31(23-32(25-34)39-26-37(33(27-46)28-47-39)29-15-9-7-10-16-29)35-20-14-22-49-41(30-17-11-8-12-18-30)40(48-43(35)49)36-19-13-21-38(42(36)50)45(4,5)6/h7-26,28,50H,1-6H3. The minimum atomic E-state index is -0.249. The molecule has 246 valence electrons. The van der Waals surface area contributed by atoms with Gasteiger partial charge >= 0.3 is 0 Å². The molecule has 0 aliphatic heterocycles. The summed E-state index contributed by atoms with van der Waals surface area (Å²) in [6.07, 6.45) is 3.72. The van der Waals surface area contributed by atoms with Crippen LogP contribution in [0, 0.1) is 11.3 Å². The summed E-state index contributed by atoms with van der Waals surface area (Å²) < 4.78 is 2.14. The lowest BCUT2D eigenvalue weighted by Gasteiger charge is -2.22. The average molecular weight is 653 g/mol. The first kappa shape index (κ1) is 32.6. The second-order valence-corrected chi connectivity index (χ2v) is 14.9. The third-order valence-corrected chi connectivity index (χ3v) is 9.31. The van der Waals surface area contributed by atoms with Gasteiger partial charge in [0, 0.05) is 40.2 Å². The van der Waals surface area contributed by atoms with Crippen LogP contribution in [0.5, 0.6) is 5.75 Å². The van der Waals surface area contributed by atoms with Crippen molar-refractivity contribution in [1.82, 2.24) is 14.4 Å². The topological polar surface area (TPSA) is 74.2 Å². The van der Waals surface area contributed by atoms with Gasteiger partial charge in [-0.2, -0.15) is 5.26 Å². The van der Waals surface area contributed by atoms with Crippen LogP contribution in [0.1, 0.15) is 58.2 Å². The van der Waals surface area contributed by atoms with Gasteiger partial charge in [0.05, 0.1) is 17.0 Å². The summed E-state index contributed by atoms with van der Waals surface area (Å²) in [5.41, 5.74) is 11.8. The van der Waals surface area contributed by atoms with Crippen LogP contribution in [0.4, 0.5) is 0 Å². The van der Waals surface area contributed by atoms with E-state index in [1.165, 1.54) is 0 Å². The molecule has 5 heteroatoms. The van der Waals surface area contributed by atoms with Gasteiger partial charge < -0.3 is 5.11 Å². The summed E-state index contributed by atoms with van der Waals surface area (Å²) in [7, 11) is 0. The number of nitriles is 1. The first-order valence-corrected chi connectivity index (χ1v) is 17.0. The number of hydrogen-bond donors (Lipinski definition) is 1. The smallest absolute Gasteiger partial charge is 0.145 e. The summed E-state index contributed by atoms with van der Waals surface area (Å²) in [4.78, 5) is 10.1. The molecule has 0 radical (unpaired) electrons. The quantitative estimate of drug-likeness (QED) is 0.201. The van der Waals surface area contributed by atoms with Crippen LogP contribution in [0.25, 0.3) is 61.7 Å². The predicted octanol–water partition coefficient (Wildman–Crippen LogP) is 11.2. The van der Waals surface area contributed by atoms with Crippen molar-refractivity contribution in [3.63, 3.8) is 0 Å². The van der Waals surface area contributed by atoms with Crippen LogP contribution in [0.2, 0.25) is 0 Å². The Morgan fingerprint density at radius 3 is 1.96 bits per heavy atom. The van der Waals surface area contributed by atoms with E-state index in [1.807, 2.05) is 79.0 Å². The average Bonchev–Trinajstić information content (AvgIpc) is 3.50. The van der Waals surface area contributed by atoms with Crippen molar-refractivity contribution in [2.45, 2.75) is 52.4 Å². The Labute approximate surface area is 294 Å². The normalized spacial score (nSPS) is 11.9. The van der Waals surface area contributed by atoms with Crippen molar-refractivity contribution in [1.29, 1.82) is 5.26 Å². The van der Waals surface area contributed by atoms with E-state index < -0.39 is 0 Å². The van der Waals surface area contributed by atoms with Crippen LogP contribution in [-0.4, -0.2) is 19.5 Å². The molecule has 0 spiro atoms. The fourth-order valence-electron chi connectivity index (χ4n) is 6.62. The van der Waals surface area contributed by atoms with Gasteiger partial charge in [0.2, 0.25) is 0 Å². The molecule has 1 N–H and O–H groups in total. The number of pyridine rings is 2. The highest BCUT2D eigenvalue weighted by Gasteiger charge is 2.26. The molecule has 3 aromatic heterocycles. The number of benzene rings is 4. The Morgan fingerprint density at radius 1 is 0.640 bits per heavy atom. The van der Waals surface area contributed by atoms with E-state index in [0.29, 0.717) is 11.1 Å². The predicted molar refractivity (Wildman–Crippen MR) is 204 cm³/mol. The van der Waals surface area contributed by atoms with Crippen molar-refractivity contribution >= 4 is 5.65 Å². The number of para-hydroxylation sites is 1. The first-order chi connectivity index (χ1) is 23.9. The number of phenols is 1. The summed E-state index contributed by atoms with van der Waals surface area (Å²) in [5, 5.41) is 21.6. The Balaban J connectivity index is 1.49. The Hall–Kier alpha value is -5.99. The molecule has 0 bridgehead atoms. The van der Waals surface area contributed by atoms with Crippen LogP contribution in [0.15, 0.2) is 128 Å². The zero-order chi connectivity index (χ0) is 35.2. The van der Waals surface area contributed by atoms with E-state index in [-0.39, 0.29) is 16.6 Å². The number of rotatable bonds is 5. The van der Waals surface area contributed by atoms with Crippen LogP contribution in [0.3, 0.4) is 0 Å². The molecule has 0 atom stereocenters. The maximum atomic E-state index is 11.7. The molecule has 0 saturated heterocycles. The number of aromatic nitrogens is 3. The number of nitrogens with zero attached hydrogens (tertiary/aromatic N) is 4. The first-order valence-electron chi connectivity index (χ1n) is 17.0. The van der Waals surface area contributed by atoms with Crippen LogP contribution >= 0.6 is 0 Å². The molecule has 0 fully saturated rings. The van der Waals surface area contributed by atoms with Crippen molar-refractivity contribution in [3.8, 4) is 67.8 Å². The molecule has 0 saturated carbocycles. The van der Waals surface area contributed by atoms with Gasteiger partial charge in [0.25, 0.3) is 0 Å². The summed E-state index contributed by atoms with van der Waals surface area (Å²) in [5.74, 6) is 0.250. The van der Waals surface area contributed by atoms with Gasteiger partial charge in [0.1, 0.15) is 23.2 Å². The van der Waals surface area contributed by atoms with Gasteiger partial charge in [-0.3, -0.25) is 9.38 Å². The van der Waals surface area contributed by atoms with E-state index in [9.17, 15) is 10.4 Å². The number of phenolic OH excluding ortho intramolecular Hbond substituents is 1. The van der Waals surface area contributed by atoms with Crippen molar-refractivity contribution in [3.05, 3.63) is 144 Å². The molecular weight excluding hydrogens is 613 g/mol. The molecule has 50 heavy (non-hydrogen) atoms. The van der Waals surface area contributed by atoms with Crippen molar-refractivity contribution < 1.29 is 5.11 Å². The number of hydrogen-bond acceptors (Lipinski definition) is 4. The summed E-state index contributed by atoms with van der Waals surface area (Å²) >= 11 is 0. The van der Waals surface area contributed by atoms with Gasteiger partial charge in [-0.15, -0.1) is 0 Å². The summed E-state index contributed by atoms with van der Waals surface area (Å²) in [6.45, 7) is 13.0. The molecule has 3 heterocycles. The fraction of sp³-hybridized carbons (Fsp3) is 0.178. The highest BCUT2D eigenvalue weighted by molar-refractivity contribution is 5.90. The van der Waals surface area contributed by atoms with Crippen molar-refractivity contribution in [2.75, 3.05) is 0 Å². The Morgan fingerprint density at radius 2 is 1.30 bits per heavy atom. The highest BCUT2D eigenvalue weighted by Crippen LogP contribution is 2.44. The monoisotopic (exact) mass is 652 g/mol. The maximum Gasteiger partial charge on any atom is 0.145 e. The molecule has 7 rings (SSSR count). The minimum absolute atomic E-state index is 0.153. The summed E-state index contributed by atoms with van der Waals surface area (Å²) in [6, 6.07) is 41.3. The van der Waals surface area contributed by atoms with Crippen LogP contribution in [-0.2, 0) is 10.8 Å². The van der Waals surface area contributed by atoms with Gasteiger partial charge in [-0.05, 0) is 69.5 Å². The Bertz CT molecular complexity index is 2400.